The highest BCUT2D eigenvalue weighted by atomic mass is 35.5. The minimum atomic E-state index is -0.152. The van der Waals surface area contributed by atoms with E-state index in [1.807, 2.05) is 16.7 Å². The second-order valence-electron chi connectivity index (χ2n) is 6.82. The summed E-state index contributed by atoms with van der Waals surface area (Å²) >= 11 is 0. The number of nitrogens with two attached hydrogens (primary N) is 1. The van der Waals surface area contributed by atoms with Gasteiger partial charge < -0.3 is 20.1 Å². The first-order chi connectivity index (χ1) is 12.0. The van der Waals surface area contributed by atoms with E-state index in [9.17, 15) is 14.4 Å². The average Bonchev–Trinajstić information content (AvgIpc) is 2.63. The molecule has 8 heteroatoms. The summed E-state index contributed by atoms with van der Waals surface area (Å²) in [5.41, 5.74) is 5.93. The lowest BCUT2D eigenvalue weighted by atomic mass is 9.83. The van der Waals surface area contributed by atoms with Crippen LogP contribution in [-0.4, -0.2) is 58.4 Å². The molecule has 7 nitrogen and oxygen atoms in total. The number of carbonyl (C=O) groups is 2. The van der Waals surface area contributed by atoms with E-state index in [-0.39, 0.29) is 41.7 Å². The number of aromatic nitrogens is 1. The standard InChI is InChI=1S/C18H26N4O3.ClH/c1-2-20-8-5-13(11-17(20)24)18(25)21-9-6-15-14(12-21)3-4-16(23)22(15)10-7-19;/h5,8,11,14-15H,2-4,6-7,9-10,12,19H2,1H3;1H/t14-,15+;/m0./s1. The summed E-state index contributed by atoms with van der Waals surface area (Å²) in [7, 11) is 0. The van der Waals surface area contributed by atoms with Crippen LogP contribution in [0, 0.1) is 5.92 Å². The van der Waals surface area contributed by atoms with E-state index in [1.54, 1.807) is 16.8 Å². The highest BCUT2D eigenvalue weighted by Crippen LogP contribution is 2.31. The van der Waals surface area contributed by atoms with Crippen molar-refractivity contribution in [2.24, 2.45) is 11.7 Å². The van der Waals surface area contributed by atoms with Gasteiger partial charge in [-0.1, -0.05) is 0 Å². The molecular weight excluding hydrogens is 356 g/mol. The molecule has 0 aromatic carbocycles. The SMILES string of the molecule is CCn1ccc(C(=O)N2CC[C@@H]3[C@@H](CCC(=O)N3CCN)C2)cc1=O.Cl. The number of likely N-dealkylation sites (tertiary alicyclic amines) is 2. The van der Waals surface area contributed by atoms with Crippen molar-refractivity contribution in [1.29, 1.82) is 0 Å². The van der Waals surface area contributed by atoms with Crippen LogP contribution in [0.5, 0.6) is 0 Å². The molecule has 1 aromatic heterocycles. The van der Waals surface area contributed by atoms with E-state index in [0.717, 1.165) is 12.8 Å². The van der Waals surface area contributed by atoms with Crippen molar-refractivity contribution < 1.29 is 9.59 Å². The number of nitrogens with zero attached hydrogens (tertiary/aromatic N) is 3. The Balaban J connectivity index is 0.00000243. The first-order valence-corrected chi connectivity index (χ1v) is 9.04. The Bertz CT molecular complexity index is 721. The molecule has 26 heavy (non-hydrogen) atoms. The average molecular weight is 383 g/mol. The Morgan fingerprint density at radius 3 is 2.73 bits per heavy atom. The molecule has 2 aliphatic heterocycles. The topological polar surface area (TPSA) is 88.6 Å². The summed E-state index contributed by atoms with van der Waals surface area (Å²) in [6.07, 6.45) is 3.78. The number of rotatable bonds is 4. The maximum absolute atomic E-state index is 12.8. The largest absolute Gasteiger partial charge is 0.338 e. The second kappa shape index (κ2) is 8.68. The molecule has 0 spiro atoms. The number of hydrogen-bond donors (Lipinski definition) is 1. The van der Waals surface area contributed by atoms with Crippen LogP contribution in [0.4, 0.5) is 0 Å². The summed E-state index contributed by atoms with van der Waals surface area (Å²) in [5, 5.41) is 0. The third-order valence-corrected chi connectivity index (χ3v) is 5.38. The van der Waals surface area contributed by atoms with Crippen molar-refractivity contribution in [2.75, 3.05) is 26.2 Å². The van der Waals surface area contributed by atoms with Crippen LogP contribution < -0.4 is 11.3 Å². The number of hydrogen-bond acceptors (Lipinski definition) is 4. The van der Waals surface area contributed by atoms with E-state index in [0.29, 0.717) is 44.7 Å². The fourth-order valence-electron chi connectivity index (χ4n) is 4.05. The number of carbonyl (C=O) groups excluding carboxylic acids is 2. The molecule has 2 atom stereocenters. The van der Waals surface area contributed by atoms with Crippen molar-refractivity contribution in [3.63, 3.8) is 0 Å². The summed E-state index contributed by atoms with van der Waals surface area (Å²) in [5.74, 6) is 0.369. The fraction of sp³-hybridized carbons (Fsp3) is 0.611. The van der Waals surface area contributed by atoms with Crippen LogP contribution in [0.3, 0.4) is 0 Å². The van der Waals surface area contributed by atoms with Crippen molar-refractivity contribution in [3.05, 3.63) is 34.2 Å². The maximum atomic E-state index is 12.8. The molecule has 0 radical (unpaired) electrons. The van der Waals surface area contributed by atoms with Gasteiger partial charge in [0.15, 0.2) is 0 Å². The highest BCUT2D eigenvalue weighted by molar-refractivity contribution is 5.94. The third-order valence-electron chi connectivity index (χ3n) is 5.38. The second-order valence-corrected chi connectivity index (χ2v) is 6.82. The Morgan fingerprint density at radius 1 is 1.31 bits per heavy atom. The predicted octanol–water partition coefficient (Wildman–Crippen LogP) is 0.702. The van der Waals surface area contributed by atoms with E-state index in [4.69, 9.17) is 5.73 Å². The highest BCUT2D eigenvalue weighted by Gasteiger charge is 2.40. The summed E-state index contributed by atoms with van der Waals surface area (Å²) in [6, 6.07) is 3.31. The molecule has 2 saturated heterocycles. The summed E-state index contributed by atoms with van der Waals surface area (Å²) < 4.78 is 1.57. The molecule has 0 unspecified atom stereocenters. The Hall–Kier alpha value is -1.86. The van der Waals surface area contributed by atoms with E-state index < -0.39 is 0 Å². The van der Waals surface area contributed by atoms with Crippen LogP contribution in [0.1, 0.15) is 36.5 Å². The first kappa shape index (κ1) is 20.5. The van der Waals surface area contributed by atoms with Gasteiger partial charge in [-0.05, 0) is 31.7 Å². The lowest BCUT2D eigenvalue weighted by molar-refractivity contribution is -0.140. The minimum absolute atomic E-state index is 0. The molecule has 0 aliphatic carbocycles. The number of fused-ring (bicyclic) bond motifs is 1. The van der Waals surface area contributed by atoms with Crippen LogP contribution in [0.15, 0.2) is 23.1 Å². The van der Waals surface area contributed by atoms with Gasteiger partial charge in [0.05, 0.1) is 0 Å². The normalized spacial score (nSPS) is 22.6. The number of aryl methyl sites for hydroxylation is 1. The molecule has 0 bridgehead atoms. The zero-order valence-corrected chi connectivity index (χ0v) is 15.9. The van der Waals surface area contributed by atoms with Crippen molar-refractivity contribution in [3.8, 4) is 0 Å². The molecule has 3 heterocycles. The molecule has 2 amide bonds. The van der Waals surface area contributed by atoms with Crippen LogP contribution in [0.2, 0.25) is 0 Å². The first-order valence-electron chi connectivity index (χ1n) is 9.04. The zero-order chi connectivity index (χ0) is 18.0. The van der Waals surface area contributed by atoms with Crippen molar-refractivity contribution in [2.45, 2.75) is 38.8 Å². The molecule has 2 aliphatic rings. The van der Waals surface area contributed by atoms with Gasteiger partial charge in [-0.15, -0.1) is 12.4 Å². The third kappa shape index (κ3) is 3.94. The van der Waals surface area contributed by atoms with Crippen LogP contribution >= 0.6 is 12.4 Å². The monoisotopic (exact) mass is 382 g/mol. The predicted molar refractivity (Wildman–Crippen MR) is 101 cm³/mol. The number of pyridine rings is 1. The minimum Gasteiger partial charge on any atom is -0.338 e. The molecular formula is C18H27ClN4O3. The summed E-state index contributed by atoms with van der Waals surface area (Å²) in [6.45, 7) is 4.77. The van der Waals surface area contributed by atoms with Gasteiger partial charge >= 0.3 is 0 Å². The molecule has 3 rings (SSSR count). The Morgan fingerprint density at radius 2 is 2.08 bits per heavy atom. The van der Waals surface area contributed by atoms with Gasteiger partial charge in [0, 0.05) is 63.0 Å². The number of halogens is 1. The van der Waals surface area contributed by atoms with Crippen LogP contribution in [0.25, 0.3) is 0 Å². The molecule has 2 fully saturated rings. The van der Waals surface area contributed by atoms with Gasteiger partial charge in [-0.3, -0.25) is 14.4 Å². The molecule has 2 N–H and O–H groups in total. The fourth-order valence-corrected chi connectivity index (χ4v) is 4.05. The smallest absolute Gasteiger partial charge is 0.254 e. The molecule has 0 saturated carbocycles. The Labute approximate surface area is 159 Å². The lowest BCUT2D eigenvalue weighted by Gasteiger charge is -2.47. The maximum Gasteiger partial charge on any atom is 0.254 e. The number of amides is 2. The molecule has 1 aromatic rings. The zero-order valence-electron chi connectivity index (χ0n) is 15.1. The van der Waals surface area contributed by atoms with Gasteiger partial charge in [-0.25, -0.2) is 0 Å². The van der Waals surface area contributed by atoms with Gasteiger partial charge in [0.25, 0.3) is 11.5 Å². The van der Waals surface area contributed by atoms with Crippen molar-refractivity contribution in [1.82, 2.24) is 14.4 Å². The molecule has 144 valence electrons. The van der Waals surface area contributed by atoms with Crippen LogP contribution in [-0.2, 0) is 11.3 Å². The van der Waals surface area contributed by atoms with Gasteiger partial charge in [0.1, 0.15) is 0 Å². The van der Waals surface area contributed by atoms with Gasteiger partial charge in [-0.2, -0.15) is 0 Å². The quantitative estimate of drug-likeness (QED) is 0.830. The Kier molecular flexibility index (Phi) is 6.83. The van der Waals surface area contributed by atoms with E-state index in [1.165, 1.54) is 6.07 Å². The van der Waals surface area contributed by atoms with E-state index in [2.05, 4.69) is 0 Å². The van der Waals surface area contributed by atoms with Gasteiger partial charge in [0.2, 0.25) is 5.91 Å². The lowest BCUT2D eigenvalue weighted by Crippen LogP contribution is -2.57. The van der Waals surface area contributed by atoms with Crippen molar-refractivity contribution >= 4 is 24.2 Å². The number of piperidine rings is 2. The van der Waals surface area contributed by atoms with E-state index >= 15 is 0 Å². The summed E-state index contributed by atoms with van der Waals surface area (Å²) in [4.78, 5) is 40.6.